The Labute approximate surface area is 100 Å². The zero-order valence-electron chi connectivity index (χ0n) is 11.3. The van der Waals surface area contributed by atoms with Crippen LogP contribution in [0.5, 0.6) is 0 Å². The Morgan fingerprint density at radius 3 is 2.38 bits per heavy atom. The maximum absolute atomic E-state index is 5.76. The van der Waals surface area contributed by atoms with E-state index < -0.39 is 0 Å². The van der Waals surface area contributed by atoms with Crippen LogP contribution in [-0.2, 0) is 4.74 Å². The van der Waals surface area contributed by atoms with Crippen molar-refractivity contribution in [1.29, 1.82) is 0 Å². The van der Waals surface area contributed by atoms with Crippen LogP contribution in [0.2, 0.25) is 0 Å². The van der Waals surface area contributed by atoms with E-state index in [0.29, 0.717) is 23.0 Å². The molecule has 2 rings (SSSR count). The van der Waals surface area contributed by atoms with E-state index in [1.54, 1.807) is 0 Å². The van der Waals surface area contributed by atoms with Gasteiger partial charge in [0.05, 0.1) is 6.10 Å². The zero-order valence-corrected chi connectivity index (χ0v) is 11.3. The molecule has 1 N–H and O–H groups in total. The van der Waals surface area contributed by atoms with E-state index in [0.717, 1.165) is 6.61 Å². The Kier molecular flexibility index (Phi) is 3.33. The minimum Gasteiger partial charge on any atom is -0.378 e. The summed E-state index contributed by atoms with van der Waals surface area (Å²) >= 11 is 0. The first-order valence-corrected chi connectivity index (χ1v) is 6.89. The SMILES string of the molecule is CCOC1CC(NCC2(CC)CC2)C1(C)C. The fourth-order valence-electron chi connectivity index (χ4n) is 2.89. The maximum atomic E-state index is 5.76. The van der Waals surface area contributed by atoms with Gasteiger partial charge in [0, 0.05) is 24.6 Å². The molecule has 2 heteroatoms. The molecule has 2 unspecified atom stereocenters. The number of rotatable bonds is 6. The summed E-state index contributed by atoms with van der Waals surface area (Å²) in [6, 6.07) is 0.660. The van der Waals surface area contributed by atoms with Crippen LogP contribution in [0.1, 0.15) is 53.4 Å². The maximum Gasteiger partial charge on any atom is 0.0655 e. The normalized spacial score (nSPS) is 34.5. The quantitative estimate of drug-likeness (QED) is 0.750. The molecule has 0 aromatic carbocycles. The van der Waals surface area contributed by atoms with E-state index in [2.05, 4.69) is 33.0 Å². The average molecular weight is 225 g/mol. The fourth-order valence-corrected chi connectivity index (χ4v) is 2.89. The summed E-state index contributed by atoms with van der Waals surface area (Å²) in [6.07, 6.45) is 5.85. The summed E-state index contributed by atoms with van der Waals surface area (Å²) in [7, 11) is 0. The zero-order chi connectivity index (χ0) is 11.8. The summed E-state index contributed by atoms with van der Waals surface area (Å²) in [5.74, 6) is 0. The highest BCUT2D eigenvalue weighted by Gasteiger charge is 2.50. The Balaban J connectivity index is 1.76. The van der Waals surface area contributed by atoms with Gasteiger partial charge in [0.1, 0.15) is 0 Å². The molecule has 0 aliphatic heterocycles. The number of hydrogen-bond acceptors (Lipinski definition) is 2. The standard InChI is InChI=1S/C14H27NO/c1-5-14(7-8-14)10-15-11-9-12(16-6-2)13(11,3)4/h11-12,15H,5-10H2,1-4H3. The highest BCUT2D eigenvalue weighted by atomic mass is 16.5. The van der Waals surface area contributed by atoms with E-state index >= 15 is 0 Å². The van der Waals surface area contributed by atoms with Gasteiger partial charge in [0.2, 0.25) is 0 Å². The lowest BCUT2D eigenvalue weighted by Crippen LogP contribution is -2.61. The lowest BCUT2D eigenvalue weighted by Gasteiger charge is -2.52. The summed E-state index contributed by atoms with van der Waals surface area (Å²) in [5.41, 5.74) is 0.979. The van der Waals surface area contributed by atoms with E-state index in [1.165, 1.54) is 32.2 Å². The predicted molar refractivity (Wildman–Crippen MR) is 67.6 cm³/mol. The van der Waals surface area contributed by atoms with Gasteiger partial charge in [0.25, 0.3) is 0 Å². The van der Waals surface area contributed by atoms with Crippen molar-refractivity contribution in [3.05, 3.63) is 0 Å². The van der Waals surface area contributed by atoms with E-state index in [-0.39, 0.29) is 0 Å². The van der Waals surface area contributed by atoms with Crippen LogP contribution in [0.15, 0.2) is 0 Å². The fraction of sp³-hybridized carbons (Fsp3) is 1.00. The van der Waals surface area contributed by atoms with Crippen molar-refractivity contribution in [3.63, 3.8) is 0 Å². The van der Waals surface area contributed by atoms with Crippen LogP contribution in [0.25, 0.3) is 0 Å². The van der Waals surface area contributed by atoms with Gasteiger partial charge in [-0.3, -0.25) is 0 Å². The van der Waals surface area contributed by atoms with Crippen molar-refractivity contribution < 1.29 is 4.74 Å². The molecule has 0 saturated heterocycles. The van der Waals surface area contributed by atoms with Gasteiger partial charge in [-0.25, -0.2) is 0 Å². The Bertz CT molecular complexity index is 245. The first kappa shape index (κ1) is 12.4. The predicted octanol–water partition coefficient (Wildman–Crippen LogP) is 2.97. The van der Waals surface area contributed by atoms with E-state index in [4.69, 9.17) is 4.74 Å². The first-order valence-electron chi connectivity index (χ1n) is 6.89. The molecule has 94 valence electrons. The van der Waals surface area contributed by atoms with Crippen LogP contribution in [0, 0.1) is 10.8 Å². The van der Waals surface area contributed by atoms with Crippen LogP contribution < -0.4 is 5.32 Å². The van der Waals surface area contributed by atoms with Crippen molar-refractivity contribution >= 4 is 0 Å². The van der Waals surface area contributed by atoms with Gasteiger partial charge in [-0.1, -0.05) is 20.8 Å². The van der Waals surface area contributed by atoms with Crippen LogP contribution in [-0.4, -0.2) is 25.3 Å². The minimum absolute atomic E-state index is 0.319. The summed E-state index contributed by atoms with van der Waals surface area (Å²) in [6.45, 7) is 11.1. The average Bonchev–Trinajstić information content (AvgIpc) is 3.03. The second-order valence-corrected chi connectivity index (χ2v) is 6.29. The van der Waals surface area contributed by atoms with E-state index in [1.807, 2.05) is 0 Å². The van der Waals surface area contributed by atoms with Crippen LogP contribution in [0.3, 0.4) is 0 Å². The lowest BCUT2D eigenvalue weighted by atomic mass is 9.64. The molecule has 0 amide bonds. The minimum atomic E-state index is 0.319. The highest BCUT2D eigenvalue weighted by Crippen LogP contribution is 2.49. The smallest absolute Gasteiger partial charge is 0.0655 e. The third-order valence-electron chi connectivity index (χ3n) is 4.98. The first-order chi connectivity index (χ1) is 7.54. The van der Waals surface area contributed by atoms with Crippen molar-refractivity contribution in [2.24, 2.45) is 10.8 Å². The number of nitrogens with one attached hydrogen (secondary N) is 1. The summed E-state index contributed by atoms with van der Waals surface area (Å²) < 4.78 is 5.76. The van der Waals surface area contributed by atoms with Crippen molar-refractivity contribution in [2.75, 3.05) is 13.2 Å². The number of ether oxygens (including phenoxy) is 1. The summed E-state index contributed by atoms with van der Waals surface area (Å²) in [4.78, 5) is 0. The molecular formula is C14H27NO. The van der Waals surface area contributed by atoms with Gasteiger partial charge in [-0.05, 0) is 38.0 Å². The largest absolute Gasteiger partial charge is 0.378 e. The van der Waals surface area contributed by atoms with Gasteiger partial charge in [0.15, 0.2) is 0 Å². The molecule has 0 heterocycles. The molecule has 0 radical (unpaired) electrons. The van der Waals surface area contributed by atoms with Crippen molar-refractivity contribution in [2.45, 2.75) is 65.5 Å². The molecule has 2 saturated carbocycles. The molecule has 2 aliphatic carbocycles. The Morgan fingerprint density at radius 2 is 1.94 bits per heavy atom. The molecule has 0 bridgehead atoms. The Morgan fingerprint density at radius 1 is 1.25 bits per heavy atom. The van der Waals surface area contributed by atoms with Crippen molar-refractivity contribution in [3.8, 4) is 0 Å². The third kappa shape index (κ3) is 2.14. The van der Waals surface area contributed by atoms with Crippen LogP contribution in [0.4, 0.5) is 0 Å². The monoisotopic (exact) mass is 225 g/mol. The molecular weight excluding hydrogens is 198 g/mol. The van der Waals surface area contributed by atoms with Gasteiger partial charge < -0.3 is 10.1 Å². The van der Waals surface area contributed by atoms with E-state index in [9.17, 15) is 0 Å². The number of hydrogen-bond donors (Lipinski definition) is 1. The van der Waals surface area contributed by atoms with Gasteiger partial charge >= 0.3 is 0 Å². The molecule has 0 aromatic rings. The molecule has 2 aliphatic rings. The van der Waals surface area contributed by atoms with Gasteiger partial charge in [-0.2, -0.15) is 0 Å². The summed E-state index contributed by atoms with van der Waals surface area (Å²) in [5, 5.41) is 3.77. The van der Waals surface area contributed by atoms with Crippen molar-refractivity contribution in [1.82, 2.24) is 5.32 Å². The molecule has 0 spiro atoms. The van der Waals surface area contributed by atoms with Crippen LogP contribution >= 0.6 is 0 Å². The second kappa shape index (κ2) is 4.30. The Hall–Kier alpha value is -0.0800. The molecule has 2 atom stereocenters. The molecule has 16 heavy (non-hydrogen) atoms. The lowest BCUT2D eigenvalue weighted by molar-refractivity contribution is -0.114. The topological polar surface area (TPSA) is 21.3 Å². The molecule has 0 aromatic heterocycles. The van der Waals surface area contributed by atoms with Gasteiger partial charge in [-0.15, -0.1) is 0 Å². The highest BCUT2D eigenvalue weighted by molar-refractivity contribution is 5.04. The molecule has 2 nitrogen and oxygen atoms in total. The molecule has 2 fully saturated rings. The third-order valence-corrected chi connectivity index (χ3v) is 4.98. The second-order valence-electron chi connectivity index (χ2n) is 6.29.